The first-order chi connectivity index (χ1) is 15.3. The third-order valence-corrected chi connectivity index (χ3v) is 9.81. The number of nitrogens with zero attached hydrogens (tertiary/aromatic N) is 1. The minimum Gasteiger partial charge on any atom is -0.495 e. The first-order valence-electron chi connectivity index (χ1n) is 12.2. The third-order valence-electron chi connectivity index (χ3n) is 9.81. The summed E-state index contributed by atoms with van der Waals surface area (Å²) in [7, 11) is 3.61. The lowest BCUT2D eigenvalue weighted by Gasteiger charge is -2.60. The summed E-state index contributed by atoms with van der Waals surface area (Å²) < 4.78 is 5.44. The Kier molecular flexibility index (Phi) is 5.14. The molecule has 3 aliphatic carbocycles. The summed E-state index contributed by atoms with van der Waals surface area (Å²) >= 11 is 0. The van der Waals surface area contributed by atoms with Crippen LogP contribution in [0.1, 0.15) is 52.4 Å². The van der Waals surface area contributed by atoms with Crippen molar-refractivity contribution in [1.29, 1.82) is 0 Å². The first kappa shape index (κ1) is 21.5. The monoisotopic (exact) mass is 436 g/mol. The van der Waals surface area contributed by atoms with Crippen LogP contribution < -0.4 is 10.1 Å². The number of carbonyl (C=O) groups excluding carboxylic acids is 2. The molecule has 2 amide bonds. The topological polar surface area (TPSA) is 58.6 Å². The van der Waals surface area contributed by atoms with E-state index in [-0.39, 0.29) is 28.6 Å². The number of hydrogen-bond donors (Lipinski definition) is 1. The second-order valence-corrected chi connectivity index (χ2v) is 11.0. The number of benzene rings is 1. The van der Waals surface area contributed by atoms with Crippen LogP contribution in [0.15, 0.2) is 36.4 Å². The van der Waals surface area contributed by atoms with Gasteiger partial charge in [0.15, 0.2) is 0 Å². The van der Waals surface area contributed by atoms with Crippen molar-refractivity contribution in [3.8, 4) is 5.75 Å². The van der Waals surface area contributed by atoms with E-state index in [4.69, 9.17) is 4.74 Å². The van der Waals surface area contributed by atoms with Gasteiger partial charge in [-0.1, -0.05) is 32.1 Å². The molecule has 0 spiro atoms. The maximum Gasteiger partial charge on any atom is 0.246 e. The van der Waals surface area contributed by atoms with Gasteiger partial charge < -0.3 is 15.0 Å². The quantitative estimate of drug-likeness (QED) is 0.734. The minimum absolute atomic E-state index is 0.0371. The largest absolute Gasteiger partial charge is 0.495 e. The van der Waals surface area contributed by atoms with Crippen molar-refractivity contribution in [3.63, 3.8) is 0 Å². The maximum atomic E-state index is 13.5. The number of likely N-dealkylation sites (N-methyl/N-ethyl adjacent to an activating group) is 1. The third kappa shape index (κ3) is 3.03. The molecule has 1 aliphatic heterocycles. The number of rotatable bonds is 3. The molecule has 5 nitrogen and oxygen atoms in total. The molecule has 172 valence electrons. The number of amides is 2. The summed E-state index contributed by atoms with van der Waals surface area (Å²) in [5.74, 6) is 2.81. The van der Waals surface area contributed by atoms with Crippen molar-refractivity contribution < 1.29 is 14.3 Å². The molecule has 0 saturated heterocycles. The number of ether oxygens (including phenoxy) is 1. The predicted molar refractivity (Wildman–Crippen MR) is 125 cm³/mol. The van der Waals surface area contributed by atoms with Crippen LogP contribution in [0, 0.1) is 34.5 Å². The lowest BCUT2D eigenvalue weighted by Crippen LogP contribution is -2.59. The number of fused-ring (bicyclic) bond motifs is 5. The molecule has 0 aromatic heterocycles. The molecular weight excluding hydrogens is 400 g/mol. The fourth-order valence-corrected chi connectivity index (χ4v) is 8.14. The van der Waals surface area contributed by atoms with Crippen LogP contribution in [-0.4, -0.2) is 36.9 Å². The van der Waals surface area contributed by atoms with Gasteiger partial charge in [0.1, 0.15) is 5.75 Å². The standard InChI is InChI=1S/C27H36N2O3/c1-26-15-13-19-17(9-12-23-27(19,2)16-14-24(30)29(23)3)18(26)10-11-20(26)25(31)28-21-7-5-6-8-22(21)32-4/h5-8,14,16-20,23H,9-13,15H2,1-4H3,(H,28,31)/t17-,18-,19-,20+,23+,26-,27+/m0/s1. The fraction of sp³-hybridized carbons (Fsp3) is 0.630. The van der Waals surface area contributed by atoms with Crippen molar-refractivity contribution in [1.82, 2.24) is 4.90 Å². The van der Waals surface area contributed by atoms with Gasteiger partial charge in [0.2, 0.25) is 11.8 Å². The Morgan fingerprint density at radius 1 is 1.09 bits per heavy atom. The number of hydrogen-bond acceptors (Lipinski definition) is 3. The molecule has 3 saturated carbocycles. The number of nitrogens with one attached hydrogen (secondary N) is 1. The minimum atomic E-state index is 0.0371. The van der Waals surface area contributed by atoms with E-state index in [0.717, 1.165) is 44.2 Å². The van der Waals surface area contributed by atoms with Gasteiger partial charge in [0.05, 0.1) is 12.8 Å². The Hall–Kier alpha value is -2.30. The summed E-state index contributed by atoms with van der Waals surface area (Å²) in [6.07, 6.45) is 10.5. The average molecular weight is 437 g/mol. The van der Waals surface area contributed by atoms with Gasteiger partial charge in [-0.15, -0.1) is 0 Å². The number of para-hydroxylation sites is 2. The smallest absolute Gasteiger partial charge is 0.246 e. The highest BCUT2D eigenvalue weighted by Crippen LogP contribution is 2.65. The van der Waals surface area contributed by atoms with Crippen LogP contribution in [0.4, 0.5) is 5.69 Å². The second kappa shape index (κ2) is 7.64. The molecule has 1 N–H and O–H groups in total. The van der Waals surface area contributed by atoms with Gasteiger partial charge >= 0.3 is 0 Å². The second-order valence-electron chi connectivity index (χ2n) is 11.0. The normalized spacial score (nSPS) is 40.3. The Morgan fingerprint density at radius 3 is 2.66 bits per heavy atom. The lowest BCUT2D eigenvalue weighted by molar-refractivity contribution is -0.141. The molecule has 5 heteroatoms. The highest BCUT2D eigenvalue weighted by Gasteiger charge is 2.61. The average Bonchev–Trinajstić information content (AvgIpc) is 3.14. The summed E-state index contributed by atoms with van der Waals surface area (Å²) in [5.41, 5.74) is 0.843. The van der Waals surface area contributed by atoms with E-state index >= 15 is 0 Å². The van der Waals surface area contributed by atoms with Crippen LogP contribution in [0.2, 0.25) is 0 Å². The molecule has 4 aliphatic rings. The van der Waals surface area contributed by atoms with Gasteiger partial charge in [0.25, 0.3) is 0 Å². The predicted octanol–water partition coefficient (Wildman–Crippen LogP) is 4.89. The molecule has 0 bridgehead atoms. The summed E-state index contributed by atoms with van der Waals surface area (Å²) in [4.78, 5) is 27.7. The molecule has 0 radical (unpaired) electrons. The Bertz CT molecular complexity index is 958. The van der Waals surface area contributed by atoms with Crippen molar-refractivity contribution in [2.75, 3.05) is 19.5 Å². The van der Waals surface area contributed by atoms with Crippen LogP contribution in [0.3, 0.4) is 0 Å². The zero-order chi connectivity index (χ0) is 22.7. The van der Waals surface area contributed by atoms with E-state index in [0.29, 0.717) is 29.5 Å². The Balaban J connectivity index is 1.38. The Morgan fingerprint density at radius 2 is 1.88 bits per heavy atom. The zero-order valence-corrected chi connectivity index (χ0v) is 19.8. The lowest BCUT2D eigenvalue weighted by atomic mass is 9.47. The molecule has 1 aromatic rings. The fourth-order valence-electron chi connectivity index (χ4n) is 8.14. The highest BCUT2D eigenvalue weighted by molar-refractivity contribution is 5.94. The number of methoxy groups -OCH3 is 1. The van der Waals surface area contributed by atoms with E-state index in [2.05, 4.69) is 25.2 Å². The number of carbonyl (C=O) groups is 2. The molecule has 5 rings (SSSR count). The van der Waals surface area contributed by atoms with E-state index in [9.17, 15) is 9.59 Å². The molecule has 3 fully saturated rings. The van der Waals surface area contributed by atoms with E-state index in [1.54, 1.807) is 13.2 Å². The summed E-state index contributed by atoms with van der Waals surface area (Å²) in [6, 6.07) is 7.96. The van der Waals surface area contributed by atoms with E-state index in [1.165, 1.54) is 0 Å². The van der Waals surface area contributed by atoms with Crippen LogP contribution >= 0.6 is 0 Å². The zero-order valence-electron chi connectivity index (χ0n) is 19.8. The first-order valence-corrected chi connectivity index (χ1v) is 12.2. The van der Waals surface area contributed by atoms with Crippen LogP contribution in [0.25, 0.3) is 0 Å². The van der Waals surface area contributed by atoms with Crippen molar-refractivity contribution in [3.05, 3.63) is 36.4 Å². The highest BCUT2D eigenvalue weighted by atomic mass is 16.5. The number of anilines is 1. The molecule has 1 heterocycles. The molecule has 32 heavy (non-hydrogen) atoms. The van der Waals surface area contributed by atoms with E-state index in [1.807, 2.05) is 36.2 Å². The van der Waals surface area contributed by atoms with Crippen molar-refractivity contribution in [2.24, 2.45) is 34.5 Å². The maximum absolute atomic E-state index is 13.5. The van der Waals surface area contributed by atoms with Gasteiger partial charge in [-0.3, -0.25) is 9.59 Å². The molecule has 1 aromatic carbocycles. The van der Waals surface area contributed by atoms with Crippen molar-refractivity contribution in [2.45, 2.75) is 58.4 Å². The summed E-state index contributed by atoms with van der Waals surface area (Å²) in [6.45, 7) is 4.74. The van der Waals surface area contributed by atoms with Crippen LogP contribution in [0.5, 0.6) is 5.75 Å². The Labute approximate surface area is 191 Å². The van der Waals surface area contributed by atoms with Gasteiger partial charge in [-0.05, 0) is 79.9 Å². The van der Waals surface area contributed by atoms with Gasteiger partial charge in [-0.2, -0.15) is 0 Å². The molecular formula is C27H36N2O3. The molecule has 0 unspecified atom stereocenters. The van der Waals surface area contributed by atoms with Gasteiger partial charge in [-0.25, -0.2) is 0 Å². The van der Waals surface area contributed by atoms with Gasteiger partial charge in [0, 0.05) is 24.4 Å². The molecule has 7 atom stereocenters. The summed E-state index contributed by atoms with van der Waals surface area (Å²) in [5, 5.41) is 3.18. The van der Waals surface area contributed by atoms with Crippen LogP contribution in [-0.2, 0) is 9.59 Å². The SMILES string of the molecule is COc1ccccc1NC(=O)[C@H]1CC[C@H]2[C@@H]3CC[C@H]4N(C)C(=O)C=C[C@]4(C)[C@H]3CC[C@]12C. The van der Waals surface area contributed by atoms with E-state index < -0.39 is 0 Å². The van der Waals surface area contributed by atoms with Crippen molar-refractivity contribution >= 4 is 17.5 Å².